The van der Waals surface area contributed by atoms with Crippen LogP contribution in [-0.2, 0) is 0 Å². The van der Waals surface area contributed by atoms with Crippen LogP contribution in [0.4, 0.5) is 0 Å². The second kappa shape index (κ2) is 3.83. The Morgan fingerprint density at radius 3 is 2.63 bits per heavy atom. The summed E-state index contributed by atoms with van der Waals surface area (Å²) in [4.78, 5) is 0. The lowest BCUT2D eigenvalue weighted by molar-refractivity contribution is -0.116. The predicted octanol–water partition coefficient (Wildman–Crippen LogP) is 3.03. The van der Waals surface area contributed by atoms with Crippen molar-refractivity contribution in [3.63, 3.8) is 0 Å². The molecular formula is C16H26O2Si. The maximum Gasteiger partial charge on any atom is 0.0999 e. The van der Waals surface area contributed by atoms with Gasteiger partial charge in [0.2, 0.25) is 0 Å². The molecule has 3 heteroatoms. The van der Waals surface area contributed by atoms with Crippen LogP contribution in [0.1, 0.15) is 32.1 Å². The molecule has 2 nitrogen and oxygen atoms in total. The highest BCUT2D eigenvalue weighted by atomic mass is 28.3. The third kappa shape index (κ3) is 1.61. The fraction of sp³-hybridized carbons (Fsp3) is 0.750. The summed E-state index contributed by atoms with van der Waals surface area (Å²) in [6.45, 7) is 11.1. The monoisotopic (exact) mass is 278 g/mol. The minimum atomic E-state index is -1.33. The van der Waals surface area contributed by atoms with E-state index in [9.17, 15) is 10.2 Å². The van der Waals surface area contributed by atoms with E-state index < -0.39 is 19.8 Å². The molecule has 0 spiro atoms. The zero-order valence-electron chi connectivity index (χ0n) is 12.4. The first-order valence-electron chi connectivity index (χ1n) is 7.51. The summed E-state index contributed by atoms with van der Waals surface area (Å²) < 4.78 is 0. The lowest BCUT2D eigenvalue weighted by Crippen LogP contribution is -2.55. The van der Waals surface area contributed by atoms with Crippen LogP contribution in [0.3, 0.4) is 0 Å². The van der Waals surface area contributed by atoms with Crippen molar-refractivity contribution in [2.45, 2.75) is 63.5 Å². The molecule has 3 fully saturated rings. The summed E-state index contributed by atoms with van der Waals surface area (Å²) in [6.07, 6.45) is 4.15. The van der Waals surface area contributed by atoms with Gasteiger partial charge in [0.15, 0.2) is 0 Å². The zero-order valence-corrected chi connectivity index (χ0v) is 13.4. The van der Waals surface area contributed by atoms with E-state index in [1.165, 1.54) is 5.57 Å². The van der Waals surface area contributed by atoms with Gasteiger partial charge in [0, 0.05) is 11.3 Å². The molecule has 0 heterocycles. The molecule has 0 radical (unpaired) electrons. The van der Waals surface area contributed by atoms with Gasteiger partial charge >= 0.3 is 0 Å². The topological polar surface area (TPSA) is 40.5 Å². The Morgan fingerprint density at radius 2 is 2.00 bits per heavy atom. The quantitative estimate of drug-likeness (QED) is 0.572. The maximum absolute atomic E-state index is 11.3. The van der Waals surface area contributed by atoms with Crippen molar-refractivity contribution in [1.82, 2.24) is 0 Å². The Balaban J connectivity index is 2.09. The first kappa shape index (κ1) is 13.6. The fourth-order valence-corrected chi connectivity index (χ4v) is 6.38. The SMILES string of the molecule is C=C1CC[C@@]23CC[C@@H](/C(=C/[Si](C)(C)C)C[C@H]2O)[C@]13O. The van der Waals surface area contributed by atoms with E-state index in [-0.39, 0.29) is 11.3 Å². The molecule has 106 valence electrons. The van der Waals surface area contributed by atoms with E-state index >= 15 is 0 Å². The Hall–Kier alpha value is -0.383. The minimum absolute atomic E-state index is 0.220. The Morgan fingerprint density at radius 1 is 1.32 bits per heavy atom. The second-order valence-corrected chi connectivity index (χ2v) is 12.9. The molecule has 0 unspecified atom stereocenters. The van der Waals surface area contributed by atoms with Crippen LogP contribution in [0.25, 0.3) is 0 Å². The molecule has 0 aromatic heterocycles. The van der Waals surface area contributed by atoms with Gasteiger partial charge in [0.1, 0.15) is 0 Å². The number of hydrogen-bond donors (Lipinski definition) is 2. The van der Waals surface area contributed by atoms with Gasteiger partial charge in [-0.3, -0.25) is 0 Å². The average molecular weight is 278 g/mol. The van der Waals surface area contributed by atoms with Gasteiger partial charge < -0.3 is 10.2 Å². The largest absolute Gasteiger partial charge is 0.392 e. The molecule has 0 saturated heterocycles. The lowest BCUT2D eigenvalue weighted by Gasteiger charge is -2.49. The highest BCUT2D eigenvalue weighted by Gasteiger charge is 2.69. The van der Waals surface area contributed by atoms with Crippen molar-refractivity contribution in [3.8, 4) is 0 Å². The highest BCUT2D eigenvalue weighted by Crippen LogP contribution is 2.68. The van der Waals surface area contributed by atoms with E-state index in [4.69, 9.17) is 0 Å². The average Bonchev–Trinajstić information content (AvgIpc) is 2.65. The molecule has 3 aliphatic carbocycles. The normalized spacial score (nSPS) is 47.8. The van der Waals surface area contributed by atoms with E-state index in [0.717, 1.165) is 37.7 Å². The van der Waals surface area contributed by atoms with Crippen LogP contribution in [0.5, 0.6) is 0 Å². The zero-order chi connectivity index (χ0) is 14.1. The molecule has 0 aliphatic heterocycles. The van der Waals surface area contributed by atoms with Gasteiger partial charge in [0.25, 0.3) is 0 Å². The first-order valence-corrected chi connectivity index (χ1v) is 11.1. The standard InChI is InChI=1S/C16H26O2Si/c1-11-5-7-15-8-6-13(16(11,15)18)12(9-14(15)17)10-19(2,3)4/h10,13-14,17-18H,1,5-9H2,2-4H3/b12-10+/t13-,14+,15+,16+/m0/s1. The van der Waals surface area contributed by atoms with Crippen molar-refractivity contribution >= 4 is 8.07 Å². The summed E-state index contributed by atoms with van der Waals surface area (Å²) in [5.74, 6) is 0.220. The second-order valence-electron chi connectivity index (χ2n) is 7.92. The van der Waals surface area contributed by atoms with Gasteiger partial charge in [-0.1, -0.05) is 37.5 Å². The number of aliphatic hydroxyl groups excluding tert-OH is 1. The first-order chi connectivity index (χ1) is 8.71. The van der Waals surface area contributed by atoms with Crippen molar-refractivity contribution in [3.05, 3.63) is 23.4 Å². The number of aliphatic hydroxyl groups is 2. The molecule has 2 N–H and O–H groups in total. The molecule has 4 atom stereocenters. The summed E-state index contributed by atoms with van der Waals surface area (Å²) in [5, 5.41) is 22.0. The Labute approximate surface area is 117 Å². The van der Waals surface area contributed by atoms with Crippen LogP contribution < -0.4 is 0 Å². The highest BCUT2D eigenvalue weighted by molar-refractivity contribution is 6.81. The molecule has 2 bridgehead atoms. The third-order valence-corrected chi connectivity index (χ3v) is 6.92. The third-order valence-electron chi connectivity index (χ3n) is 5.69. The van der Waals surface area contributed by atoms with Gasteiger partial charge in [-0.05, 0) is 37.7 Å². The van der Waals surface area contributed by atoms with Gasteiger partial charge in [0.05, 0.1) is 19.8 Å². The van der Waals surface area contributed by atoms with E-state index in [1.54, 1.807) is 0 Å². The molecule has 0 aromatic rings. The van der Waals surface area contributed by atoms with Gasteiger partial charge in [-0.15, -0.1) is 0 Å². The van der Waals surface area contributed by atoms with Crippen LogP contribution in [0.15, 0.2) is 23.4 Å². The summed E-state index contributed by atoms with van der Waals surface area (Å²) in [6, 6.07) is 0. The van der Waals surface area contributed by atoms with Crippen LogP contribution in [-0.4, -0.2) is 30.0 Å². The Bertz CT molecular complexity index is 462. The van der Waals surface area contributed by atoms with Crippen LogP contribution >= 0.6 is 0 Å². The van der Waals surface area contributed by atoms with Crippen molar-refractivity contribution in [1.29, 1.82) is 0 Å². The van der Waals surface area contributed by atoms with Gasteiger partial charge in [-0.25, -0.2) is 0 Å². The Kier molecular flexibility index (Phi) is 2.74. The number of hydrogen-bond acceptors (Lipinski definition) is 2. The molecule has 3 saturated carbocycles. The minimum Gasteiger partial charge on any atom is -0.392 e. The summed E-state index contributed by atoms with van der Waals surface area (Å²) >= 11 is 0. The molecule has 19 heavy (non-hydrogen) atoms. The van der Waals surface area contributed by atoms with Crippen molar-refractivity contribution < 1.29 is 10.2 Å². The molecular weight excluding hydrogens is 252 g/mol. The summed E-state index contributed by atoms with van der Waals surface area (Å²) in [5.41, 5.74) is 3.57. The van der Waals surface area contributed by atoms with Crippen LogP contribution in [0.2, 0.25) is 19.6 Å². The molecule has 0 aromatic carbocycles. The van der Waals surface area contributed by atoms with E-state index in [0.29, 0.717) is 0 Å². The molecule has 3 rings (SSSR count). The molecule has 3 aliphatic rings. The maximum atomic E-state index is 11.3. The summed E-state index contributed by atoms with van der Waals surface area (Å²) in [7, 11) is -1.33. The van der Waals surface area contributed by atoms with Crippen LogP contribution in [0, 0.1) is 11.3 Å². The van der Waals surface area contributed by atoms with E-state index in [1.807, 2.05) is 0 Å². The predicted molar refractivity (Wildman–Crippen MR) is 80.5 cm³/mol. The fourth-order valence-electron chi connectivity index (χ4n) is 4.94. The molecule has 0 amide bonds. The lowest BCUT2D eigenvalue weighted by atomic mass is 9.62. The number of rotatable bonds is 1. The smallest absolute Gasteiger partial charge is 0.0999 e. The van der Waals surface area contributed by atoms with Crippen molar-refractivity contribution in [2.24, 2.45) is 11.3 Å². The van der Waals surface area contributed by atoms with Gasteiger partial charge in [-0.2, -0.15) is 0 Å². The van der Waals surface area contributed by atoms with E-state index in [2.05, 4.69) is 31.9 Å². The van der Waals surface area contributed by atoms with Crippen molar-refractivity contribution in [2.75, 3.05) is 0 Å².